The van der Waals surface area contributed by atoms with Crippen LogP contribution in [0, 0.1) is 5.41 Å². The van der Waals surface area contributed by atoms with Gasteiger partial charge in [0.15, 0.2) is 0 Å². The second-order valence-electron chi connectivity index (χ2n) is 5.73. The van der Waals surface area contributed by atoms with E-state index in [9.17, 15) is 4.79 Å². The van der Waals surface area contributed by atoms with Crippen LogP contribution < -0.4 is 11.1 Å². The van der Waals surface area contributed by atoms with Crippen LogP contribution in [0.1, 0.15) is 66.2 Å². The van der Waals surface area contributed by atoms with Gasteiger partial charge in [-0.3, -0.25) is 4.79 Å². The maximum Gasteiger partial charge on any atom is 0.236 e. The molecule has 3 N–H and O–H groups in total. The Morgan fingerprint density at radius 3 is 2.41 bits per heavy atom. The van der Waals surface area contributed by atoms with E-state index >= 15 is 0 Å². The number of rotatable bonds is 9. The Bertz CT molecular complexity index is 214. The fourth-order valence-electron chi connectivity index (χ4n) is 1.84. The summed E-state index contributed by atoms with van der Waals surface area (Å²) in [4.78, 5) is 11.7. The molecule has 17 heavy (non-hydrogen) atoms. The molecule has 0 heterocycles. The number of nitrogens with two attached hydrogens (primary N) is 1. The summed E-state index contributed by atoms with van der Waals surface area (Å²) in [6.07, 6.45) is 6.62. The summed E-state index contributed by atoms with van der Waals surface area (Å²) in [5.41, 5.74) is 5.94. The van der Waals surface area contributed by atoms with Crippen molar-refractivity contribution in [1.29, 1.82) is 0 Å². The zero-order valence-corrected chi connectivity index (χ0v) is 12.0. The van der Waals surface area contributed by atoms with Crippen LogP contribution in [0.4, 0.5) is 0 Å². The Labute approximate surface area is 107 Å². The van der Waals surface area contributed by atoms with Crippen LogP contribution in [-0.4, -0.2) is 18.5 Å². The van der Waals surface area contributed by atoms with Gasteiger partial charge in [0, 0.05) is 6.54 Å². The Balaban J connectivity index is 3.87. The molecule has 0 saturated carbocycles. The van der Waals surface area contributed by atoms with E-state index in [-0.39, 0.29) is 17.4 Å². The van der Waals surface area contributed by atoms with E-state index in [1.807, 2.05) is 6.92 Å². The van der Waals surface area contributed by atoms with Gasteiger partial charge in [0.1, 0.15) is 0 Å². The van der Waals surface area contributed by atoms with Crippen LogP contribution in [0.5, 0.6) is 0 Å². The van der Waals surface area contributed by atoms with Gasteiger partial charge in [-0.1, -0.05) is 53.4 Å². The van der Waals surface area contributed by atoms with Crippen molar-refractivity contribution in [1.82, 2.24) is 5.32 Å². The lowest BCUT2D eigenvalue weighted by molar-refractivity contribution is -0.123. The number of amides is 1. The Kier molecular flexibility index (Phi) is 8.23. The van der Waals surface area contributed by atoms with E-state index in [1.54, 1.807) is 0 Å². The van der Waals surface area contributed by atoms with E-state index in [1.165, 1.54) is 19.3 Å². The Hall–Kier alpha value is -0.570. The standard InChI is InChI=1S/C14H30N2O/c1-5-7-8-10-14(3,4)11-16-13(17)12(15)9-6-2/h12H,5-11,15H2,1-4H3,(H,16,17)/t12-/m1/s1. The molecule has 0 aromatic carbocycles. The SMILES string of the molecule is CCCCCC(C)(C)CNC(=O)[C@H](N)CCC. The van der Waals surface area contributed by atoms with Crippen molar-refractivity contribution in [2.24, 2.45) is 11.1 Å². The molecule has 102 valence electrons. The summed E-state index contributed by atoms with van der Waals surface area (Å²) < 4.78 is 0. The van der Waals surface area contributed by atoms with E-state index < -0.39 is 0 Å². The molecule has 0 aromatic heterocycles. The summed E-state index contributed by atoms with van der Waals surface area (Å²) in [7, 11) is 0. The van der Waals surface area contributed by atoms with Crippen LogP contribution in [-0.2, 0) is 4.79 Å². The zero-order chi connectivity index (χ0) is 13.3. The molecule has 3 heteroatoms. The molecular weight excluding hydrogens is 212 g/mol. The molecule has 0 unspecified atom stereocenters. The molecular formula is C14H30N2O. The minimum absolute atomic E-state index is 0.00424. The van der Waals surface area contributed by atoms with Gasteiger partial charge in [-0.05, 0) is 18.3 Å². The number of nitrogens with one attached hydrogen (secondary N) is 1. The van der Waals surface area contributed by atoms with Crippen molar-refractivity contribution in [3.8, 4) is 0 Å². The molecule has 0 bridgehead atoms. The molecule has 1 atom stereocenters. The summed E-state index contributed by atoms with van der Waals surface area (Å²) in [6.45, 7) is 9.38. The average Bonchev–Trinajstić information content (AvgIpc) is 2.26. The molecule has 0 rings (SSSR count). The first-order valence-corrected chi connectivity index (χ1v) is 6.96. The predicted molar refractivity (Wildman–Crippen MR) is 73.8 cm³/mol. The van der Waals surface area contributed by atoms with Gasteiger partial charge in [-0.15, -0.1) is 0 Å². The van der Waals surface area contributed by atoms with Crippen LogP contribution in [0.15, 0.2) is 0 Å². The Morgan fingerprint density at radius 2 is 1.88 bits per heavy atom. The van der Waals surface area contributed by atoms with Crippen molar-refractivity contribution in [3.63, 3.8) is 0 Å². The first-order valence-electron chi connectivity index (χ1n) is 6.96. The molecule has 0 fully saturated rings. The summed E-state index contributed by atoms with van der Waals surface area (Å²) in [5.74, 6) is -0.00424. The molecule has 0 saturated heterocycles. The third-order valence-electron chi connectivity index (χ3n) is 3.13. The average molecular weight is 242 g/mol. The predicted octanol–water partition coefficient (Wildman–Crippen LogP) is 2.84. The lowest BCUT2D eigenvalue weighted by atomic mass is 9.87. The monoisotopic (exact) mass is 242 g/mol. The normalized spacial score (nSPS) is 13.5. The molecule has 0 aromatic rings. The topological polar surface area (TPSA) is 55.1 Å². The maximum atomic E-state index is 11.7. The molecule has 0 radical (unpaired) electrons. The van der Waals surface area contributed by atoms with E-state index in [0.29, 0.717) is 0 Å². The fourth-order valence-corrected chi connectivity index (χ4v) is 1.84. The maximum absolute atomic E-state index is 11.7. The lowest BCUT2D eigenvalue weighted by Gasteiger charge is -2.25. The smallest absolute Gasteiger partial charge is 0.236 e. The molecule has 3 nitrogen and oxygen atoms in total. The zero-order valence-electron chi connectivity index (χ0n) is 12.0. The van der Waals surface area contributed by atoms with Crippen molar-refractivity contribution < 1.29 is 4.79 Å². The third-order valence-corrected chi connectivity index (χ3v) is 3.13. The minimum Gasteiger partial charge on any atom is -0.354 e. The summed E-state index contributed by atoms with van der Waals surface area (Å²) in [5, 5.41) is 2.97. The van der Waals surface area contributed by atoms with Crippen molar-refractivity contribution in [3.05, 3.63) is 0 Å². The highest BCUT2D eigenvalue weighted by atomic mass is 16.2. The van der Waals surface area contributed by atoms with Gasteiger partial charge < -0.3 is 11.1 Å². The minimum atomic E-state index is -0.341. The van der Waals surface area contributed by atoms with Crippen LogP contribution in [0.2, 0.25) is 0 Å². The van der Waals surface area contributed by atoms with Gasteiger partial charge in [0.25, 0.3) is 0 Å². The third kappa shape index (κ3) is 8.19. The molecule has 0 aliphatic carbocycles. The van der Waals surface area contributed by atoms with E-state index in [0.717, 1.165) is 25.8 Å². The molecule has 0 spiro atoms. The number of unbranched alkanes of at least 4 members (excludes halogenated alkanes) is 2. The van der Waals surface area contributed by atoms with E-state index in [4.69, 9.17) is 5.73 Å². The second kappa shape index (κ2) is 8.51. The highest BCUT2D eigenvalue weighted by Gasteiger charge is 2.20. The number of carbonyl (C=O) groups excluding carboxylic acids is 1. The summed E-state index contributed by atoms with van der Waals surface area (Å²) >= 11 is 0. The van der Waals surface area contributed by atoms with Crippen molar-refractivity contribution >= 4 is 5.91 Å². The first kappa shape index (κ1) is 16.4. The van der Waals surface area contributed by atoms with Gasteiger partial charge in [-0.25, -0.2) is 0 Å². The highest BCUT2D eigenvalue weighted by Crippen LogP contribution is 2.22. The van der Waals surface area contributed by atoms with Crippen LogP contribution in [0.25, 0.3) is 0 Å². The lowest BCUT2D eigenvalue weighted by Crippen LogP contribution is -2.44. The number of hydrogen-bond acceptors (Lipinski definition) is 2. The van der Waals surface area contributed by atoms with Crippen molar-refractivity contribution in [2.45, 2.75) is 72.3 Å². The quantitative estimate of drug-likeness (QED) is 0.611. The highest BCUT2D eigenvalue weighted by molar-refractivity contribution is 5.81. The van der Waals surface area contributed by atoms with Gasteiger partial charge in [0.2, 0.25) is 5.91 Å². The van der Waals surface area contributed by atoms with Gasteiger partial charge >= 0.3 is 0 Å². The number of hydrogen-bond donors (Lipinski definition) is 2. The van der Waals surface area contributed by atoms with Gasteiger partial charge in [0.05, 0.1) is 6.04 Å². The van der Waals surface area contributed by atoms with E-state index in [2.05, 4.69) is 26.1 Å². The van der Waals surface area contributed by atoms with Crippen molar-refractivity contribution in [2.75, 3.05) is 6.54 Å². The van der Waals surface area contributed by atoms with Crippen LogP contribution in [0.3, 0.4) is 0 Å². The molecule has 1 amide bonds. The molecule has 0 aliphatic heterocycles. The largest absolute Gasteiger partial charge is 0.354 e. The first-order chi connectivity index (χ1) is 7.93. The van der Waals surface area contributed by atoms with Gasteiger partial charge in [-0.2, -0.15) is 0 Å². The Morgan fingerprint density at radius 1 is 1.24 bits per heavy atom. The second-order valence-corrected chi connectivity index (χ2v) is 5.73. The van der Waals surface area contributed by atoms with Crippen LogP contribution >= 0.6 is 0 Å². The fraction of sp³-hybridized carbons (Fsp3) is 0.929. The molecule has 0 aliphatic rings. The summed E-state index contributed by atoms with van der Waals surface area (Å²) in [6, 6.07) is -0.341. The number of carbonyl (C=O) groups is 1.